The van der Waals surface area contributed by atoms with E-state index in [1.165, 1.54) is 11.8 Å². The fourth-order valence-corrected chi connectivity index (χ4v) is 4.82. The van der Waals surface area contributed by atoms with Gasteiger partial charge in [0.1, 0.15) is 5.03 Å². The highest BCUT2D eigenvalue weighted by Crippen LogP contribution is 2.29. The molecule has 1 aliphatic heterocycles. The largest absolute Gasteiger partial charge is 0.379 e. The summed E-state index contributed by atoms with van der Waals surface area (Å²) in [5.41, 5.74) is 2.70. The van der Waals surface area contributed by atoms with Crippen molar-refractivity contribution in [1.82, 2.24) is 19.6 Å². The lowest BCUT2D eigenvalue weighted by molar-refractivity contribution is -0.113. The molecule has 10 heteroatoms. The normalized spacial score (nSPS) is 16.6. The fourth-order valence-electron chi connectivity index (χ4n) is 3.94. The van der Waals surface area contributed by atoms with Gasteiger partial charge in [0.25, 0.3) is 0 Å². The Morgan fingerprint density at radius 1 is 1.27 bits per heavy atom. The van der Waals surface area contributed by atoms with Crippen molar-refractivity contribution in [3.63, 3.8) is 0 Å². The average molecular weight is 434 g/mol. The second-order valence-corrected chi connectivity index (χ2v) is 8.57. The summed E-state index contributed by atoms with van der Waals surface area (Å²) < 4.78 is 12.2. The molecule has 0 unspecified atom stereocenters. The summed E-state index contributed by atoms with van der Waals surface area (Å²) in [6.07, 6.45) is 3.72. The molecule has 162 valence electrons. The molecule has 1 saturated heterocycles. The van der Waals surface area contributed by atoms with Crippen LogP contribution in [0.25, 0.3) is 0 Å². The number of ether oxygens (including phenoxy) is 1. The van der Waals surface area contributed by atoms with Crippen LogP contribution in [0.3, 0.4) is 0 Å². The number of amides is 1. The van der Waals surface area contributed by atoms with Crippen LogP contribution in [0.2, 0.25) is 0 Å². The van der Waals surface area contributed by atoms with E-state index in [2.05, 4.69) is 20.4 Å². The zero-order chi connectivity index (χ0) is 20.9. The topological polar surface area (TPSA) is 102 Å². The van der Waals surface area contributed by atoms with Crippen LogP contribution in [0.4, 0.5) is 5.88 Å². The molecular formula is C20H27N5O4S. The number of carbonyl (C=O) groups is 1. The van der Waals surface area contributed by atoms with Gasteiger partial charge in [0.2, 0.25) is 11.8 Å². The highest BCUT2D eigenvalue weighted by atomic mass is 32.2. The molecular weight excluding hydrogens is 406 g/mol. The number of aryl methyl sites for hydroxylation is 1. The molecule has 0 atom stereocenters. The van der Waals surface area contributed by atoms with Crippen molar-refractivity contribution in [1.29, 1.82) is 0 Å². The minimum absolute atomic E-state index is 0.166. The lowest BCUT2D eigenvalue weighted by Gasteiger charge is -2.26. The fraction of sp³-hybridized carbons (Fsp3) is 0.600. The zero-order valence-corrected chi connectivity index (χ0v) is 18.0. The van der Waals surface area contributed by atoms with E-state index in [0.29, 0.717) is 23.1 Å². The quantitative estimate of drug-likeness (QED) is 0.493. The number of rotatable bonds is 8. The number of thioether (sulfide) groups is 1. The molecule has 0 spiro atoms. The molecule has 2 aromatic rings. The van der Waals surface area contributed by atoms with Gasteiger partial charge in [-0.05, 0) is 32.6 Å². The van der Waals surface area contributed by atoms with Crippen LogP contribution < -0.4 is 11.0 Å². The summed E-state index contributed by atoms with van der Waals surface area (Å²) in [4.78, 5) is 31.6. The van der Waals surface area contributed by atoms with Crippen LogP contribution in [0, 0.1) is 6.92 Å². The molecule has 0 radical (unpaired) electrons. The van der Waals surface area contributed by atoms with E-state index >= 15 is 0 Å². The maximum Gasteiger partial charge on any atom is 0.348 e. The Labute approximate surface area is 179 Å². The van der Waals surface area contributed by atoms with Gasteiger partial charge in [0, 0.05) is 43.5 Å². The van der Waals surface area contributed by atoms with E-state index in [1.54, 1.807) is 13.0 Å². The number of hydrogen-bond acceptors (Lipinski definition) is 8. The van der Waals surface area contributed by atoms with Gasteiger partial charge in [-0.1, -0.05) is 16.9 Å². The summed E-state index contributed by atoms with van der Waals surface area (Å²) in [5.74, 6) is 0.283. The zero-order valence-electron chi connectivity index (χ0n) is 17.2. The Bertz CT molecular complexity index is 951. The molecule has 4 rings (SSSR count). The molecule has 0 aromatic carbocycles. The summed E-state index contributed by atoms with van der Waals surface area (Å²) in [5, 5.41) is 7.10. The number of carbonyl (C=O) groups excluding carboxylic acids is 1. The van der Waals surface area contributed by atoms with Crippen molar-refractivity contribution in [3.8, 4) is 0 Å². The third kappa shape index (κ3) is 5.11. The molecule has 0 bridgehead atoms. The van der Waals surface area contributed by atoms with Crippen molar-refractivity contribution in [2.24, 2.45) is 0 Å². The van der Waals surface area contributed by atoms with Gasteiger partial charge >= 0.3 is 5.69 Å². The highest BCUT2D eigenvalue weighted by molar-refractivity contribution is 8.00. The molecule has 1 amide bonds. The van der Waals surface area contributed by atoms with E-state index in [4.69, 9.17) is 9.26 Å². The van der Waals surface area contributed by atoms with Gasteiger partial charge in [-0.3, -0.25) is 19.6 Å². The monoisotopic (exact) mass is 433 g/mol. The summed E-state index contributed by atoms with van der Waals surface area (Å²) >= 11 is 1.31. The van der Waals surface area contributed by atoms with Crippen molar-refractivity contribution in [2.75, 3.05) is 43.9 Å². The van der Waals surface area contributed by atoms with Gasteiger partial charge < -0.3 is 9.26 Å². The highest BCUT2D eigenvalue weighted by Gasteiger charge is 2.23. The molecule has 30 heavy (non-hydrogen) atoms. The third-order valence-electron chi connectivity index (χ3n) is 5.39. The lowest BCUT2D eigenvalue weighted by Crippen LogP contribution is -2.37. The van der Waals surface area contributed by atoms with Crippen LogP contribution in [0.1, 0.15) is 29.8 Å². The van der Waals surface area contributed by atoms with E-state index in [9.17, 15) is 9.59 Å². The second-order valence-electron chi connectivity index (χ2n) is 7.61. The van der Waals surface area contributed by atoms with Gasteiger partial charge in [-0.2, -0.15) is 4.98 Å². The van der Waals surface area contributed by atoms with E-state index in [-0.39, 0.29) is 17.3 Å². The molecule has 2 aliphatic rings. The maximum atomic E-state index is 12.7. The van der Waals surface area contributed by atoms with Gasteiger partial charge in [0.05, 0.1) is 24.7 Å². The first-order valence-corrected chi connectivity index (χ1v) is 11.4. The van der Waals surface area contributed by atoms with Gasteiger partial charge in [0.15, 0.2) is 0 Å². The van der Waals surface area contributed by atoms with Gasteiger partial charge in [-0.25, -0.2) is 4.79 Å². The minimum atomic E-state index is -0.216. The number of aromatic nitrogens is 3. The maximum absolute atomic E-state index is 12.7. The number of hydrogen-bond donors (Lipinski definition) is 1. The lowest BCUT2D eigenvalue weighted by atomic mass is 10.2. The molecule has 2 aromatic heterocycles. The number of nitrogens with one attached hydrogen (secondary N) is 1. The Balaban J connectivity index is 1.37. The van der Waals surface area contributed by atoms with E-state index in [0.717, 1.165) is 69.8 Å². The second kappa shape index (κ2) is 9.76. The summed E-state index contributed by atoms with van der Waals surface area (Å²) in [6, 6.07) is 1.66. The van der Waals surface area contributed by atoms with Crippen LogP contribution in [-0.2, 0) is 28.9 Å². The van der Waals surface area contributed by atoms with Gasteiger partial charge in [-0.15, -0.1) is 0 Å². The summed E-state index contributed by atoms with van der Waals surface area (Å²) in [7, 11) is 0. The first-order chi connectivity index (χ1) is 14.6. The molecule has 1 N–H and O–H groups in total. The first kappa shape index (κ1) is 21.1. The Morgan fingerprint density at radius 3 is 2.87 bits per heavy atom. The predicted molar refractivity (Wildman–Crippen MR) is 113 cm³/mol. The Hall–Kier alpha value is -2.17. The standard InChI is InChI=1S/C20H27N5O4S/c1-14-12-18(29-23-14)21-17(26)13-30-19-15-4-2-5-16(15)25(20(27)22-19)7-3-6-24-8-10-28-11-9-24/h12H,2-11,13H2,1H3,(H,21,26). The number of fused-ring (bicyclic) bond motifs is 1. The van der Waals surface area contributed by atoms with Crippen LogP contribution >= 0.6 is 11.8 Å². The number of morpholine rings is 1. The van der Waals surface area contributed by atoms with E-state index in [1.807, 2.05) is 4.57 Å². The van der Waals surface area contributed by atoms with Crippen molar-refractivity contribution < 1.29 is 14.1 Å². The van der Waals surface area contributed by atoms with Crippen LogP contribution in [-0.4, -0.2) is 64.1 Å². The van der Waals surface area contributed by atoms with Crippen LogP contribution in [0.15, 0.2) is 20.4 Å². The average Bonchev–Trinajstić information content (AvgIpc) is 3.38. The van der Waals surface area contributed by atoms with Crippen molar-refractivity contribution >= 4 is 23.6 Å². The van der Waals surface area contributed by atoms with Crippen molar-refractivity contribution in [2.45, 2.75) is 44.2 Å². The Morgan fingerprint density at radius 2 is 2.10 bits per heavy atom. The minimum Gasteiger partial charge on any atom is -0.379 e. The van der Waals surface area contributed by atoms with Crippen molar-refractivity contribution in [3.05, 3.63) is 33.5 Å². The number of nitrogens with zero attached hydrogens (tertiary/aromatic N) is 4. The smallest absolute Gasteiger partial charge is 0.348 e. The summed E-state index contributed by atoms with van der Waals surface area (Å²) in [6.45, 7) is 6.91. The SMILES string of the molecule is Cc1cc(NC(=O)CSc2nc(=O)n(CCCN3CCOCC3)c3c2CCC3)on1. The van der Waals surface area contributed by atoms with Crippen LogP contribution in [0.5, 0.6) is 0 Å². The number of anilines is 1. The first-order valence-electron chi connectivity index (χ1n) is 10.4. The molecule has 1 fully saturated rings. The molecule has 0 saturated carbocycles. The molecule has 3 heterocycles. The molecule has 9 nitrogen and oxygen atoms in total. The predicted octanol–water partition coefficient (Wildman–Crippen LogP) is 1.48. The van der Waals surface area contributed by atoms with E-state index < -0.39 is 0 Å². The Kier molecular flexibility index (Phi) is 6.86. The molecule has 1 aliphatic carbocycles. The third-order valence-corrected chi connectivity index (χ3v) is 6.41.